The second-order valence-corrected chi connectivity index (χ2v) is 10.00. The Labute approximate surface area is 146 Å². The van der Waals surface area contributed by atoms with E-state index in [1.807, 2.05) is 20.8 Å². The van der Waals surface area contributed by atoms with Crippen molar-refractivity contribution in [2.75, 3.05) is 5.32 Å². The number of hydrogen-bond acceptors (Lipinski definition) is 1. The minimum atomic E-state index is -0.349. The molecule has 0 aliphatic heterocycles. The first-order chi connectivity index (χ1) is 11.3. The van der Waals surface area contributed by atoms with E-state index in [1.165, 1.54) is 50.5 Å². The molecule has 0 atom stereocenters. The van der Waals surface area contributed by atoms with E-state index in [9.17, 15) is 4.79 Å². The van der Waals surface area contributed by atoms with Crippen molar-refractivity contribution in [3.8, 4) is 0 Å². The zero-order valence-electron chi connectivity index (χ0n) is 15.4. The van der Waals surface area contributed by atoms with Crippen molar-refractivity contribution in [3.05, 3.63) is 29.8 Å². The number of carbonyl (C=O) groups is 1. The first-order valence-corrected chi connectivity index (χ1v) is 9.72. The van der Waals surface area contributed by atoms with Gasteiger partial charge in [0.1, 0.15) is 0 Å². The van der Waals surface area contributed by atoms with Crippen LogP contribution in [0.3, 0.4) is 0 Å². The second kappa shape index (κ2) is 5.61. The third-order valence-corrected chi connectivity index (χ3v) is 6.64. The Kier molecular flexibility index (Phi) is 3.78. The van der Waals surface area contributed by atoms with E-state index in [4.69, 9.17) is 0 Å². The molecule has 4 aliphatic rings. The second-order valence-electron chi connectivity index (χ2n) is 10.00. The Hall–Kier alpha value is -1.31. The normalized spacial score (nSPS) is 34.4. The van der Waals surface area contributed by atoms with E-state index in [-0.39, 0.29) is 11.3 Å². The van der Waals surface area contributed by atoms with Gasteiger partial charge in [-0.3, -0.25) is 4.79 Å². The van der Waals surface area contributed by atoms with Crippen LogP contribution in [-0.2, 0) is 11.2 Å². The van der Waals surface area contributed by atoms with Gasteiger partial charge in [0.15, 0.2) is 0 Å². The molecular formula is C22H31NO. The van der Waals surface area contributed by atoms with Gasteiger partial charge >= 0.3 is 0 Å². The molecule has 0 heterocycles. The lowest BCUT2D eigenvalue weighted by Crippen LogP contribution is -2.47. The predicted molar refractivity (Wildman–Crippen MR) is 98.8 cm³/mol. The van der Waals surface area contributed by atoms with Crippen LogP contribution < -0.4 is 5.32 Å². The lowest BCUT2D eigenvalue weighted by Gasteiger charge is -2.57. The van der Waals surface area contributed by atoms with Gasteiger partial charge in [0.2, 0.25) is 5.91 Å². The molecule has 4 bridgehead atoms. The maximum Gasteiger partial charge on any atom is 0.229 e. The molecule has 0 radical (unpaired) electrons. The monoisotopic (exact) mass is 325 g/mol. The van der Waals surface area contributed by atoms with Gasteiger partial charge in [-0.2, -0.15) is 0 Å². The molecule has 24 heavy (non-hydrogen) atoms. The molecule has 5 rings (SSSR count). The number of amides is 1. The Balaban J connectivity index is 1.44. The van der Waals surface area contributed by atoms with Crippen LogP contribution in [-0.4, -0.2) is 5.91 Å². The van der Waals surface area contributed by atoms with Crippen LogP contribution in [0.5, 0.6) is 0 Å². The van der Waals surface area contributed by atoms with E-state index in [0.717, 1.165) is 23.4 Å². The van der Waals surface area contributed by atoms with Crippen LogP contribution in [0.1, 0.15) is 64.9 Å². The molecule has 130 valence electrons. The first-order valence-electron chi connectivity index (χ1n) is 9.72. The number of carbonyl (C=O) groups excluding carboxylic acids is 1. The van der Waals surface area contributed by atoms with Gasteiger partial charge in [-0.05, 0) is 85.8 Å². The molecule has 4 aliphatic carbocycles. The zero-order chi connectivity index (χ0) is 16.9. The number of nitrogens with one attached hydrogen (secondary N) is 1. The van der Waals surface area contributed by atoms with E-state index in [0.29, 0.717) is 5.41 Å². The van der Waals surface area contributed by atoms with E-state index < -0.39 is 0 Å². The summed E-state index contributed by atoms with van der Waals surface area (Å²) in [6.07, 6.45) is 10.2. The fourth-order valence-electron chi connectivity index (χ4n) is 5.96. The molecule has 1 amide bonds. The number of anilines is 1. The highest BCUT2D eigenvalue weighted by atomic mass is 16.2. The van der Waals surface area contributed by atoms with Crippen molar-refractivity contribution in [2.45, 2.75) is 65.7 Å². The highest BCUT2D eigenvalue weighted by Gasteiger charge is 2.50. The van der Waals surface area contributed by atoms with E-state index >= 15 is 0 Å². The average molecular weight is 325 g/mol. The molecule has 1 N–H and O–H groups in total. The van der Waals surface area contributed by atoms with Crippen molar-refractivity contribution in [1.29, 1.82) is 0 Å². The van der Waals surface area contributed by atoms with Crippen molar-refractivity contribution in [3.63, 3.8) is 0 Å². The lowest BCUT2D eigenvalue weighted by atomic mass is 9.48. The van der Waals surface area contributed by atoms with Gasteiger partial charge in [0.25, 0.3) is 0 Å². The van der Waals surface area contributed by atoms with Crippen LogP contribution in [0.15, 0.2) is 24.3 Å². The van der Waals surface area contributed by atoms with Gasteiger partial charge in [0, 0.05) is 11.1 Å². The van der Waals surface area contributed by atoms with Crippen LogP contribution >= 0.6 is 0 Å². The summed E-state index contributed by atoms with van der Waals surface area (Å²) in [4.78, 5) is 12.1. The largest absolute Gasteiger partial charge is 0.326 e. The Morgan fingerprint density at radius 1 is 1.00 bits per heavy atom. The maximum atomic E-state index is 12.1. The van der Waals surface area contributed by atoms with Crippen LogP contribution in [0.2, 0.25) is 0 Å². The average Bonchev–Trinajstić information content (AvgIpc) is 2.46. The molecule has 1 aromatic rings. The summed E-state index contributed by atoms with van der Waals surface area (Å²) in [6, 6.07) is 8.63. The summed E-state index contributed by atoms with van der Waals surface area (Å²) in [5.74, 6) is 3.13. The molecular weight excluding hydrogens is 294 g/mol. The van der Waals surface area contributed by atoms with Gasteiger partial charge in [-0.1, -0.05) is 32.9 Å². The van der Waals surface area contributed by atoms with Crippen LogP contribution in [0, 0.1) is 28.6 Å². The topological polar surface area (TPSA) is 29.1 Å². The van der Waals surface area contributed by atoms with Crippen molar-refractivity contribution >= 4 is 11.6 Å². The van der Waals surface area contributed by atoms with E-state index in [2.05, 4.69) is 29.6 Å². The number of rotatable bonds is 3. The molecule has 2 nitrogen and oxygen atoms in total. The highest BCUT2D eigenvalue weighted by molar-refractivity contribution is 5.94. The highest BCUT2D eigenvalue weighted by Crippen LogP contribution is 2.61. The molecule has 0 unspecified atom stereocenters. The van der Waals surface area contributed by atoms with Crippen LogP contribution in [0.25, 0.3) is 0 Å². The fraction of sp³-hybridized carbons (Fsp3) is 0.682. The Morgan fingerprint density at radius 3 is 1.96 bits per heavy atom. The Bertz CT molecular complexity index is 587. The van der Waals surface area contributed by atoms with Gasteiger partial charge < -0.3 is 5.32 Å². The van der Waals surface area contributed by atoms with Crippen molar-refractivity contribution in [2.24, 2.45) is 28.6 Å². The SMILES string of the molecule is CC(C)(C)C(=O)Nc1ccc(CC23CC4CC(CC(C4)C2)C3)cc1. The molecule has 1 aromatic carbocycles. The van der Waals surface area contributed by atoms with Gasteiger partial charge in [0.05, 0.1) is 0 Å². The zero-order valence-corrected chi connectivity index (χ0v) is 15.4. The number of benzene rings is 1. The summed E-state index contributed by atoms with van der Waals surface area (Å²) < 4.78 is 0. The quantitative estimate of drug-likeness (QED) is 0.789. The number of hydrogen-bond donors (Lipinski definition) is 1. The summed E-state index contributed by atoms with van der Waals surface area (Å²) in [6.45, 7) is 5.84. The summed E-state index contributed by atoms with van der Waals surface area (Å²) >= 11 is 0. The predicted octanol–water partition coefficient (Wildman–Crippen LogP) is 5.43. The summed E-state index contributed by atoms with van der Waals surface area (Å²) in [7, 11) is 0. The lowest BCUT2D eigenvalue weighted by molar-refractivity contribution is -0.123. The maximum absolute atomic E-state index is 12.1. The minimum Gasteiger partial charge on any atom is -0.326 e. The fourth-order valence-corrected chi connectivity index (χ4v) is 5.96. The molecule has 0 aromatic heterocycles. The Morgan fingerprint density at radius 2 is 1.50 bits per heavy atom. The smallest absolute Gasteiger partial charge is 0.229 e. The minimum absolute atomic E-state index is 0.0799. The van der Waals surface area contributed by atoms with E-state index in [1.54, 1.807) is 0 Å². The molecule has 2 heteroatoms. The summed E-state index contributed by atoms with van der Waals surface area (Å²) in [5.41, 5.74) is 2.61. The third-order valence-electron chi connectivity index (χ3n) is 6.64. The van der Waals surface area contributed by atoms with Gasteiger partial charge in [-0.25, -0.2) is 0 Å². The van der Waals surface area contributed by atoms with Crippen LogP contribution in [0.4, 0.5) is 5.69 Å². The molecule has 0 spiro atoms. The molecule has 0 saturated heterocycles. The molecule has 4 fully saturated rings. The first kappa shape index (κ1) is 16.2. The van der Waals surface area contributed by atoms with Crippen molar-refractivity contribution < 1.29 is 4.79 Å². The third kappa shape index (κ3) is 3.12. The standard InChI is InChI=1S/C22H31NO/c1-21(2,3)20(24)23-19-6-4-15(5-7-19)11-22-12-16-8-17(13-22)10-18(9-16)14-22/h4-7,16-18H,8-14H2,1-3H3,(H,23,24). The summed E-state index contributed by atoms with van der Waals surface area (Å²) in [5, 5.41) is 3.03. The van der Waals surface area contributed by atoms with Crippen molar-refractivity contribution in [1.82, 2.24) is 0 Å². The van der Waals surface area contributed by atoms with Gasteiger partial charge in [-0.15, -0.1) is 0 Å². The molecule has 4 saturated carbocycles.